The van der Waals surface area contributed by atoms with Crippen molar-refractivity contribution in [2.75, 3.05) is 53.7 Å². The molecule has 1 heterocycles. The van der Waals surface area contributed by atoms with Gasteiger partial charge in [-0.3, -0.25) is 14.5 Å². The second kappa shape index (κ2) is 10.9. The number of hydrogen-bond donors (Lipinski definition) is 0. The maximum Gasteiger partial charge on any atom is 0.277 e. The molecular weight excluding hydrogens is 360 g/mol. The van der Waals surface area contributed by atoms with Gasteiger partial charge in [-0.05, 0) is 19.4 Å². The van der Waals surface area contributed by atoms with Gasteiger partial charge in [-0.2, -0.15) is 0 Å². The van der Waals surface area contributed by atoms with Crippen molar-refractivity contribution in [1.29, 1.82) is 0 Å². The summed E-state index contributed by atoms with van der Waals surface area (Å²) in [5, 5.41) is 0. The normalized spacial score (nSPS) is 14.5. The van der Waals surface area contributed by atoms with Gasteiger partial charge in [-0.15, -0.1) is 0 Å². The largest absolute Gasteiger partial charge is 0.383 e. The molecule has 0 fully saturated rings. The molecule has 1 aromatic rings. The molecule has 7 heteroatoms. The van der Waals surface area contributed by atoms with E-state index in [4.69, 9.17) is 14.2 Å². The van der Waals surface area contributed by atoms with Crippen LogP contribution >= 0.6 is 0 Å². The third-order valence-electron chi connectivity index (χ3n) is 4.42. The first-order chi connectivity index (χ1) is 13.5. The van der Waals surface area contributed by atoms with Crippen molar-refractivity contribution in [2.45, 2.75) is 20.0 Å². The molecule has 154 valence electrons. The van der Waals surface area contributed by atoms with E-state index in [1.807, 2.05) is 49.1 Å². The van der Waals surface area contributed by atoms with E-state index in [-0.39, 0.29) is 24.5 Å². The average molecular weight is 390 g/mol. The van der Waals surface area contributed by atoms with Crippen molar-refractivity contribution in [1.82, 2.24) is 9.80 Å². The molecule has 28 heavy (non-hydrogen) atoms. The molecule has 2 rings (SSSR count). The topological polar surface area (TPSA) is 68.3 Å². The van der Waals surface area contributed by atoms with E-state index in [1.165, 1.54) is 4.90 Å². The number of hydrogen-bond acceptors (Lipinski definition) is 6. The minimum atomic E-state index is -0.302. The van der Waals surface area contributed by atoms with E-state index in [1.54, 1.807) is 14.2 Å². The quantitative estimate of drug-likeness (QED) is 0.507. The Hall–Kier alpha value is -2.22. The molecule has 0 radical (unpaired) electrons. The van der Waals surface area contributed by atoms with Gasteiger partial charge < -0.3 is 19.1 Å². The van der Waals surface area contributed by atoms with Gasteiger partial charge in [0.1, 0.15) is 5.70 Å². The smallest absolute Gasteiger partial charge is 0.277 e. The highest BCUT2D eigenvalue weighted by Crippen LogP contribution is 2.31. The Morgan fingerprint density at radius 1 is 0.929 bits per heavy atom. The van der Waals surface area contributed by atoms with Gasteiger partial charge in [-0.1, -0.05) is 30.3 Å². The predicted octanol–water partition coefficient (Wildman–Crippen LogP) is 1.79. The predicted molar refractivity (Wildman–Crippen MR) is 106 cm³/mol. The zero-order valence-electron chi connectivity index (χ0n) is 17.1. The SMILES string of the molecule is COCCN(CCOC)C1=C(c2ccccc2)C(=O)N(CCOC(C)C)C1=O. The third kappa shape index (κ3) is 5.41. The fraction of sp³-hybridized carbons (Fsp3) is 0.524. The minimum absolute atomic E-state index is 0.0359. The number of carbonyl (C=O) groups excluding carboxylic acids is 2. The lowest BCUT2D eigenvalue weighted by molar-refractivity contribution is -0.138. The standard InChI is InChI=1S/C21H30N2O5/c1-16(2)28-15-12-23-20(24)18(17-8-6-5-7-9-17)19(21(23)25)22(10-13-26-3)11-14-27-4/h5-9,16H,10-15H2,1-4H3. The summed E-state index contributed by atoms with van der Waals surface area (Å²) in [6, 6.07) is 9.29. The molecule has 0 spiro atoms. The lowest BCUT2D eigenvalue weighted by Gasteiger charge is -2.25. The Morgan fingerprint density at radius 3 is 2.07 bits per heavy atom. The van der Waals surface area contributed by atoms with Gasteiger partial charge in [0.2, 0.25) is 0 Å². The summed E-state index contributed by atoms with van der Waals surface area (Å²) >= 11 is 0. The zero-order chi connectivity index (χ0) is 20.5. The number of rotatable bonds is 12. The van der Waals surface area contributed by atoms with Gasteiger partial charge >= 0.3 is 0 Å². The molecule has 0 aromatic heterocycles. The third-order valence-corrected chi connectivity index (χ3v) is 4.42. The number of imide groups is 1. The van der Waals surface area contributed by atoms with Gasteiger partial charge in [0, 0.05) is 27.3 Å². The van der Waals surface area contributed by atoms with Crippen molar-refractivity contribution in [3.8, 4) is 0 Å². The van der Waals surface area contributed by atoms with Crippen LogP contribution < -0.4 is 0 Å². The monoisotopic (exact) mass is 390 g/mol. The fourth-order valence-electron chi connectivity index (χ4n) is 3.04. The number of ether oxygens (including phenoxy) is 3. The van der Waals surface area contributed by atoms with Gasteiger partial charge in [0.15, 0.2) is 0 Å². The van der Waals surface area contributed by atoms with Crippen LogP contribution in [-0.4, -0.2) is 81.4 Å². The van der Waals surface area contributed by atoms with Crippen molar-refractivity contribution in [3.63, 3.8) is 0 Å². The van der Waals surface area contributed by atoms with Gasteiger partial charge in [0.05, 0.1) is 38.0 Å². The second-order valence-corrected chi connectivity index (χ2v) is 6.74. The fourth-order valence-corrected chi connectivity index (χ4v) is 3.04. The van der Waals surface area contributed by atoms with E-state index < -0.39 is 0 Å². The van der Waals surface area contributed by atoms with E-state index in [2.05, 4.69) is 0 Å². The van der Waals surface area contributed by atoms with Crippen LogP contribution in [0.2, 0.25) is 0 Å². The van der Waals surface area contributed by atoms with Crippen molar-refractivity contribution < 1.29 is 23.8 Å². The van der Waals surface area contributed by atoms with Crippen molar-refractivity contribution in [2.24, 2.45) is 0 Å². The molecule has 0 N–H and O–H groups in total. The number of carbonyl (C=O) groups is 2. The molecule has 0 bridgehead atoms. The Balaban J connectivity index is 2.38. The highest BCUT2D eigenvalue weighted by Gasteiger charge is 2.41. The zero-order valence-corrected chi connectivity index (χ0v) is 17.1. The van der Waals surface area contributed by atoms with E-state index in [9.17, 15) is 9.59 Å². The molecule has 0 unspecified atom stereocenters. The number of nitrogens with zero attached hydrogens (tertiary/aromatic N) is 2. The van der Waals surface area contributed by atoms with Crippen LogP contribution in [0.25, 0.3) is 5.57 Å². The highest BCUT2D eigenvalue weighted by atomic mass is 16.5. The number of benzene rings is 1. The molecule has 1 aliphatic rings. The van der Waals surface area contributed by atoms with Crippen LogP contribution in [0.15, 0.2) is 36.0 Å². The maximum atomic E-state index is 13.2. The summed E-state index contributed by atoms with van der Waals surface area (Å²) in [5.74, 6) is -0.596. The van der Waals surface area contributed by atoms with Crippen LogP contribution in [-0.2, 0) is 23.8 Å². The minimum Gasteiger partial charge on any atom is -0.383 e. The number of amides is 2. The average Bonchev–Trinajstić information content (AvgIpc) is 2.93. The summed E-state index contributed by atoms with van der Waals surface area (Å²) < 4.78 is 15.9. The lowest BCUT2D eigenvalue weighted by Crippen LogP contribution is -2.39. The Bertz CT molecular complexity index is 679. The Morgan fingerprint density at radius 2 is 1.54 bits per heavy atom. The van der Waals surface area contributed by atoms with Crippen LogP contribution in [0.1, 0.15) is 19.4 Å². The van der Waals surface area contributed by atoms with Crippen LogP contribution in [0.3, 0.4) is 0 Å². The molecule has 7 nitrogen and oxygen atoms in total. The Kier molecular flexibility index (Phi) is 8.63. The summed E-state index contributed by atoms with van der Waals surface area (Å²) in [4.78, 5) is 29.5. The first-order valence-corrected chi connectivity index (χ1v) is 9.51. The highest BCUT2D eigenvalue weighted by molar-refractivity contribution is 6.35. The molecule has 0 atom stereocenters. The Labute approximate surface area is 166 Å². The molecule has 1 aromatic carbocycles. The molecule has 0 saturated heterocycles. The van der Waals surface area contributed by atoms with Crippen molar-refractivity contribution in [3.05, 3.63) is 41.6 Å². The summed E-state index contributed by atoms with van der Waals surface area (Å²) in [6.07, 6.45) is 0.0359. The molecule has 0 aliphatic carbocycles. The summed E-state index contributed by atoms with van der Waals surface area (Å²) in [5.41, 5.74) is 1.54. The van der Waals surface area contributed by atoms with Gasteiger partial charge in [-0.25, -0.2) is 0 Å². The second-order valence-electron chi connectivity index (χ2n) is 6.74. The first kappa shape index (κ1) is 22.1. The summed E-state index contributed by atoms with van der Waals surface area (Å²) in [6.45, 7) is 6.22. The molecule has 2 amide bonds. The van der Waals surface area contributed by atoms with Crippen LogP contribution in [0, 0.1) is 0 Å². The maximum absolute atomic E-state index is 13.2. The number of methoxy groups -OCH3 is 2. The van der Waals surface area contributed by atoms with E-state index in [0.717, 1.165) is 5.56 Å². The van der Waals surface area contributed by atoms with Gasteiger partial charge in [0.25, 0.3) is 11.8 Å². The van der Waals surface area contributed by atoms with Crippen LogP contribution in [0.4, 0.5) is 0 Å². The molecule has 1 aliphatic heterocycles. The summed E-state index contributed by atoms with van der Waals surface area (Å²) in [7, 11) is 3.22. The van der Waals surface area contributed by atoms with Crippen molar-refractivity contribution >= 4 is 17.4 Å². The van der Waals surface area contributed by atoms with E-state index >= 15 is 0 Å². The lowest BCUT2D eigenvalue weighted by atomic mass is 10.0. The molecule has 0 saturated carbocycles. The molecular formula is C21H30N2O5. The van der Waals surface area contributed by atoms with E-state index in [0.29, 0.717) is 44.2 Å². The van der Waals surface area contributed by atoms with Crippen LogP contribution in [0.5, 0.6) is 0 Å². The first-order valence-electron chi connectivity index (χ1n) is 9.51.